The van der Waals surface area contributed by atoms with E-state index in [4.69, 9.17) is 4.74 Å². The van der Waals surface area contributed by atoms with Gasteiger partial charge < -0.3 is 15.2 Å². The average molecular weight is 350 g/mol. The highest BCUT2D eigenvalue weighted by atomic mass is 16.5. The van der Waals surface area contributed by atoms with Gasteiger partial charge in [0.25, 0.3) is 0 Å². The van der Waals surface area contributed by atoms with Crippen molar-refractivity contribution in [3.63, 3.8) is 0 Å². The van der Waals surface area contributed by atoms with Crippen LogP contribution >= 0.6 is 0 Å². The minimum Gasteiger partial charge on any atom is -0.453 e. The Morgan fingerprint density at radius 2 is 1.72 bits per heavy atom. The zero-order valence-electron chi connectivity index (χ0n) is 16.1. The molecule has 0 aromatic rings. The molecule has 4 saturated carbocycles. The first kappa shape index (κ1) is 17.6. The molecule has 0 aliphatic heterocycles. The van der Waals surface area contributed by atoms with E-state index in [9.17, 15) is 9.90 Å². The van der Waals surface area contributed by atoms with Crippen LogP contribution in [0.2, 0.25) is 0 Å². The van der Waals surface area contributed by atoms with Crippen molar-refractivity contribution in [1.29, 1.82) is 0 Å². The second kappa shape index (κ2) is 6.14. The van der Waals surface area contributed by atoms with E-state index in [0.29, 0.717) is 11.3 Å². The minimum atomic E-state index is -0.272. The normalized spacial score (nSPS) is 51.8. The van der Waals surface area contributed by atoms with Crippen LogP contribution in [0, 0.1) is 34.5 Å². The van der Waals surface area contributed by atoms with Gasteiger partial charge in [-0.2, -0.15) is 0 Å². The number of fused-ring (bicyclic) bond motifs is 5. The smallest absolute Gasteiger partial charge is 0.407 e. The SMILES string of the molecule is COC(=O)N[C@@H]1CC[C@@H]2[C@@H]3CC[C@@H]4C[C@@H](O)CC[C@@]4(C)[C@@H]3CC[C@@]21C. The number of carbonyl (C=O) groups is 1. The van der Waals surface area contributed by atoms with Crippen LogP contribution in [0.1, 0.15) is 71.6 Å². The molecule has 0 unspecified atom stereocenters. The monoisotopic (exact) mass is 349 g/mol. The summed E-state index contributed by atoms with van der Waals surface area (Å²) in [4.78, 5) is 11.8. The van der Waals surface area contributed by atoms with Crippen molar-refractivity contribution in [2.45, 2.75) is 83.8 Å². The maximum absolute atomic E-state index is 11.8. The van der Waals surface area contributed by atoms with Crippen molar-refractivity contribution in [3.8, 4) is 0 Å². The number of amides is 1. The Balaban J connectivity index is 1.55. The first-order valence-electron chi connectivity index (χ1n) is 10.4. The Bertz CT molecular complexity index is 537. The van der Waals surface area contributed by atoms with Gasteiger partial charge in [-0.1, -0.05) is 13.8 Å². The summed E-state index contributed by atoms with van der Waals surface area (Å²) < 4.78 is 4.87. The third kappa shape index (κ3) is 2.62. The molecule has 0 spiro atoms. The molecule has 0 aromatic carbocycles. The van der Waals surface area contributed by atoms with Gasteiger partial charge in [-0.3, -0.25) is 0 Å². The molecule has 4 fully saturated rings. The average Bonchev–Trinajstić information content (AvgIpc) is 2.92. The highest BCUT2D eigenvalue weighted by molar-refractivity contribution is 5.67. The predicted octanol–water partition coefficient (Wildman–Crippen LogP) is 4.11. The third-order valence-corrected chi connectivity index (χ3v) is 9.12. The highest BCUT2D eigenvalue weighted by Crippen LogP contribution is 2.66. The number of hydrogen-bond acceptors (Lipinski definition) is 3. The topological polar surface area (TPSA) is 58.6 Å². The largest absolute Gasteiger partial charge is 0.453 e. The highest BCUT2D eigenvalue weighted by Gasteiger charge is 2.60. The van der Waals surface area contributed by atoms with Crippen LogP contribution in [0.4, 0.5) is 4.79 Å². The molecule has 4 nitrogen and oxygen atoms in total. The third-order valence-electron chi connectivity index (χ3n) is 9.12. The van der Waals surface area contributed by atoms with E-state index in [0.717, 1.165) is 37.0 Å². The van der Waals surface area contributed by atoms with Crippen LogP contribution in [-0.4, -0.2) is 30.5 Å². The summed E-state index contributed by atoms with van der Waals surface area (Å²) >= 11 is 0. The van der Waals surface area contributed by atoms with Crippen LogP contribution in [0.3, 0.4) is 0 Å². The molecular formula is C21H35NO3. The quantitative estimate of drug-likeness (QED) is 0.749. The van der Waals surface area contributed by atoms with E-state index in [-0.39, 0.29) is 23.7 Å². The molecule has 8 atom stereocenters. The van der Waals surface area contributed by atoms with Crippen LogP contribution in [0.15, 0.2) is 0 Å². The van der Waals surface area contributed by atoms with Gasteiger partial charge in [0.1, 0.15) is 0 Å². The molecule has 142 valence electrons. The zero-order valence-corrected chi connectivity index (χ0v) is 16.1. The van der Waals surface area contributed by atoms with E-state index in [1.807, 2.05) is 0 Å². The van der Waals surface area contributed by atoms with E-state index in [1.54, 1.807) is 0 Å². The van der Waals surface area contributed by atoms with Crippen molar-refractivity contribution < 1.29 is 14.6 Å². The maximum Gasteiger partial charge on any atom is 0.407 e. The summed E-state index contributed by atoms with van der Waals surface area (Å²) in [5.74, 6) is 3.07. The summed E-state index contributed by atoms with van der Waals surface area (Å²) in [5.41, 5.74) is 0.657. The zero-order chi connectivity index (χ0) is 17.8. The Hall–Kier alpha value is -0.770. The molecule has 25 heavy (non-hydrogen) atoms. The van der Waals surface area contributed by atoms with Crippen molar-refractivity contribution >= 4 is 6.09 Å². The Labute approximate surface area is 152 Å². The Kier molecular flexibility index (Phi) is 4.33. The van der Waals surface area contributed by atoms with Crippen molar-refractivity contribution in [1.82, 2.24) is 5.32 Å². The van der Waals surface area contributed by atoms with Gasteiger partial charge in [-0.05, 0) is 92.3 Å². The molecule has 0 heterocycles. The summed E-state index contributed by atoms with van der Waals surface area (Å²) in [6.07, 6.45) is 10.3. The van der Waals surface area contributed by atoms with Crippen molar-refractivity contribution in [2.75, 3.05) is 7.11 Å². The summed E-state index contributed by atoms with van der Waals surface area (Å²) in [6.45, 7) is 4.95. The van der Waals surface area contributed by atoms with Gasteiger partial charge in [-0.15, -0.1) is 0 Å². The molecule has 0 radical (unpaired) electrons. The lowest BCUT2D eigenvalue weighted by atomic mass is 9.45. The van der Waals surface area contributed by atoms with Crippen molar-refractivity contribution in [3.05, 3.63) is 0 Å². The number of carbonyl (C=O) groups excluding carboxylic acids is 1. The Morgan fingerprint density at radius 3 is 2.48 bits per heavy atom. The fourth-order valence-electron chi connectivity index (χ4n) is 7.67. The summed E-state index contributed by atoms with van der Waals surface area (Å²) in [5, 5.41) is 13.3. The molecular weight excluding hydrogens is 314 g/mol. The van der Waals surface area contributed by atoms with Crippen LogP contribution in [-0.2, 0) is 4.74 Å². The fourth-order valence-corrected chi connectivity index (χ4v) is 7.67. The minimum absolute atomic E-state index is 0.0661. The van der Waals surface area contributed by atoms with E-state index < -0.39 is 0 Å². The number of methoxy groups -OCH3 is 1. The lowest BCUT2D eigenvalue weighted by molar-refractivity contribution is -0.123. The summed E-state index contributed by atoms with van der Waals surface area (Å²) in [7, 11) is 1.46. The first-order chi connectivity index (χ1) is 11.9. The van der Waals surface area contributed by atoms with Gasteiger partial charge in [0.2, 0.25) is 0 Å². The van der Waals surface area contributed by atoms with Crippen LogP contribution in [0.25, 0.3) is 0 Å². The molecule has 4 rings (SSSR count). The molecule has 0 aromatic heterocycles. The van der Waals surface area contributed by atoms with Crippen molar-refractivity contribution in [2.24, 2.45) is 34.5 Å². The predicted molar refractivity (Wildman–Crippen MR) is 97.1 cm³/mol. The number of aliphatic hydroxyl groups excluding tert-OH is 1. The molecule has 4 aliphatic carbocycles. The van der Waals surface area contributed by atoms with E-state index in [1.165, 1.54) is 45.6 Å². The van der Waals surface area contributed by atoms with Gasteiger partial charge in [0.05, 0.1) is 13.2 Å². The first-order valence-corrected chi connectivity index (χ1v) is 10.4. The fraction of sp³-hybridized carbons (Fsp3) is 0.952. The Morgan fingerprint density at radius 1 is 1.00 bits per heavy atom. The molecule has 1 amide bonds. The number of hydrogen-bond donors (Lipinski definition) is 2. The van der Waals surface area contributed by atoms with Crippen LogP contribution in [0.5, 0.6) is 0 Å². The number of nitrogens with one attached hydrogen (secondary N) is 1. The van der Waals surface area contributed by atoms with E-state index >= 15 is 0 Å². The summed E-state index contributed by atoms with van der Waals surface area (Å²) in [6, 6.07) is 0.268. The van der Waals surface area contributed by atoms with Gasteiger partial charge >= 0.3 is 6.09 Å². The maximum atomic E-state index is 11.8. The number of alkyl carbamates (subject to hydrolysis) is 1. The molecule has 0 bridgehead atoms. The number of aliphatic hydroxyl groups is 1. The molecule has 0 saturated heterocycles. The standard InChI is InChI=1S/C21H35NO3/c1-20-10-8-14(23)12-13(20)4-5-15-16-6-7-18(22-19(24)25-3)21(16,2)11-9-17(15)20/h13-18,23H,4-12H2,1-3H3,(H,22,24)/t13-,14+,15+,16-,17-,18-,20-,21+/m1/s1. The molecule has 4 heteroatoms. The van der Waals surface area contributed by atoms with Gasteiger partial charge in [0, 0.05) is 6.04 Å². The molecule has 4 aliphatic rings. The second-order valence-electron chi connectivity index (χ2n) is 9.90. The number of ether oxygens (including phenoxy) is 1. The second-order valence-corrected chi connectivity index (χ2v) is 9.90. The number of rotatable bonds is 1. The van der Waals surface area contributed by atoms with Crippen LogP contribution < -0.4 is 5.32 Å². The lowest BCUT2D eigenvalue weighted by Gasteiger charge is -2.60. The molecule has 2 N–H and O–H groups in total. The van der Waals surface area contributed by atoms with E-state index in [2.05, 4.69) is 19.2 Å². The van der Waals surface area contributed by atoms with Gasteiger partial charge in [-0.25, -0.2) is 4.79 Å². The lowest BCUT2D eigenvalue weighted by Crippen LogP contribution is -2.56. The van der Waals surface area contributed by atoms with Gasteiger partial charge in [0.15, 0.2) is 0 Å².